The molecule has 8 heteroatoms. The van der Waals surface area contributed by atoms with Crippen molar-refractivity contribution in [2.45, 2.75) is 13.5 Å². The molecule has 0 radical (unpaired) electrons. The van der Waals surface area contributed by atoms with Gasteiger partial charge in [-0.05, 0) is 55.0 Å². The average molecular weight is 444 g/mol. The molecule has 30 heavy (non-hydrogen) atoms. The van der Waals surface area contributed by atoms with Crippen LogP contribution in [-0.4, -0.2) is 23.7 Å². The predicted octanol–water partition coefficient (Wildman–Crippen LogP) is 5.13. The lowest BCUT2D eigenvalue weighted by atomic mass is 10.2. The summed E-state index contributed by atoms with van der Waals surface area (Å²) in [5, 5.41) is 5.05. The van der Waals surface area contributed by atoms with E-state index < -0.39 is 0 Å². The molecule has 0 bridgehead atoms. The molecule has 3 rings (SSSR count). The fourth-order valence-corrected chi connectivity index (χ4v) is 3.05. The van der Waals surface area contributed by atoms with Crippen LogP contribution in [0.1, 0.15) is 28.4 Å². The Morgan fingerprint density at radius 2 is 1.90 bits per heavy atom. The SMILES string of the molecule is CCOc1cc(/C=N/NC(=O)c2cccnc2)ccc1OCc1c(Cl)cccc1Cl. The molecule has 1 aromatic heterocycles. The van der Waals surface area contributed by atoms with Gasteiger partial charge >= 0.3 is 0 Å². The number of amides is 1. The first-order chi connectivity index (χ1) is 14.6. The van der Waals surface area contributed by atoms with E-state index in [9.17, 15) is 4.79 Å². The molecule has 3 aromatic rings. The number of benzene rings is 2. The first-order valence-electron chi connectivity index (χ1n) is 9.14. The Bertz CT molecular complexity index is 1020. The summed E-state index contributed by atoms with van der Waals surface area (Å²) in [7, 11) is 0. The number of nitrogens with zero attached hydrogens (tertiary/aromatic N) is 2. The van der Waals surface area contributed by atoms with Crippen LogP contribution >= 0.6 is 23.2 Å². The molecule has 1 heterocycles. The summed E-state index contributed by atoms with van der Waals surface area (Å²) < 4.78 is 11.6. The van der Waals surface area contributed by atoms with E-state index in [0.29, 0.717) is 39.3 Å². The molecule has 0 aliphatic heterocycles. The van der Waals surface area contributed by atoms with E-state index >= 15 is 0 Å². The topological polar surface area (TPSA) is 72.8 Å². The monoisotopic (exact) mass is 443 g/mol. The van der Waals surface area contributed by atoms with Gasteiger partial charge in [0.25, 0.3) is 5.91 Å². The van der Waals surface area contributed by atoms with Crippen LogP contribution in [-0.2, 0) is 6.61 Å². The number of hydrogen-bond acceptors (Lipinski definition) is 5. The molecule has 0 spiro atoms. The van der Waals surface area contributed by atoms with Gasteiger partial charge in [-0.2, -0.15) is 5.10 Å². The Morgan fingerprint density at radius 3 is 2.60 bits per heavy atom. The van der Waals surface area contributed by atoms with Crippen molar-refractivity contribution in [3.63, 3.8) is 0 Å². The average Bonchev–Trinajstić information content (AvgIpc) is 2.75. The van der Waals surface area contributed by atoms with Gasteiger partial charge in [0.2, 0.25) is 0 Å². The molecule has 0 saturated heterocycles. The normalized spacial score (nSPS) is 10.8. The lowest BCUT2D eigenvalue weighted by molar-refractivity contribution is 0.0955. The van der Waals surface area contributed by atoms with Crippen LogP contribution in [0.25, 0.3) is 0 Å². The van der Waals surface area contributed by atoms with Crippen molar-refractivity contribution in [3.05, 3.63) is 87.7 Å². The van der Waals surface area contributed by atoms with Gasteiger partial charge in [0.1, 0.15) is 6.61 Å². The number of pyridine rings is 1. The fourth-order valence-electron chi connectivity index (χ4n) is 2.54. The number of nitrogens with one attached hydrogen (secondary N) is 1. The van der Waals surface area contributed by atoms with E-state index in [4.69, 9.17) is 32.7 Å². The molecule has 0 aliphatic carbocycles. The second-order valence-electron chi connectivity index (χ2n) is 6.07. The Labute approximate surface area is 184 Å². The van der Waals surface area contributed by atoms with Gasteiger partial charge in [0.15, 0.2) is 11.5 Å². The van der Waals surface area contributed by atoms with Gasteiger partial charge in [-0.15, -0.1) is 0 Å². The number of carbonyl (C=O) groups excluding carboxylic acids is 1. The Morgan fingerprint density at radius 1 is 1.10 bits per heavy atom. The number of hydrogen-bond donors (Lipinski definition) is 1. The zero-order valence-corrected chi connectivity index (χ0v) is 17.7. The first-order valence-corrected chi connectivity index (χ1v) is 9.90. The molecule has 0 unspecified atom stereocenters. The Hall–Kier alpha value is -3.09. The third-order valence-corrected chi connectivity index (χ3v) is 4.71. The van der Waals surface area contributed by atoms with Gasteiger partial charge in [-0.25, -0.2) is 5.43 Å². The lowest BCUT2D eigenvalue weighted by Gasteiger charge is -2.14. The van der Waals surface area contributed by atoms with E-state index in [-0.39, 0.29) is 12.5 Å². The zero-order chi connectivity index (χ0) is 21.3. The molecular formula is C22H19Cl2N3O3. The van der Waals surface area contributed by atoms with Crippen LogP contribution in [0.5, 0.6) is 11.5 Å². The van der Waals surface area contributed by atoms with E-state index in [1.165, 1.54) is 12.4 Å². The number of aromatic nitrogens is 1. The van der Waals surface area contributed by atoms with Crippen molar-refractivity contribution in [1.29, 1.82) is 0 Å². The standard InChI is InChI=1S/C22H19Cl2N3O3/c1-2-29-21-11-15(12-26-27-22(28)16-5-4-10-25-13-16)8-9-20(21)30-14-17-18(23)6-3-7-19(17)24/h3-13H,2,14H2,1H3,(H,27,28)/b26-12+. The highest BCUT2D eigenvalue weighted by Gasteiger charge is 2.10. The third kappa shape index (κ3) is 5.72. The van der Waals surface area contributed by atoms with Crippen LogP contribution in [0.4, 0.5) is 0 Å². The summed E-state index contributed by atoms with van der Waals surface area (Å²) in [6, 6.07) is 14.0. The highest BCUT2D eigenvalue weighted by molar-refractivity contribution is 6.35. The maximum atomic E-state index is 12.0. The van der Waals surface area contributed by atoms with Gasteiger partial charge < -0.3 is 9.47 Å². The van der Waals surface area contributed by atoms with Crippen molar-refractivity contribution >= 4 is 35.3 Å². The first kappa shape index (κ1) is 21.6. The van der Waals surface area contributed by atoms with Crippen molar-refractivity contribution in [2.24, 2.45) is 5.10 Å². The molecule has 2 aromatic carbocycles. The van der Waals surface area contributed by atoms with Crippen molar-refractivity contribution in [3.8, 4) is 11.5 Å². The van der Waals surface area contributed by atoms with Gasteiger partial charge in [0, 0.05) is 28.0 Å². The fraction of sp³-hybridized carbons (Fsp3) is 0.136. The van der Waals surface area contributed by atoms with Gasteiger partial charge in [-0.3, -0.25) is 9.78 Å². The zero-order valence-electron chi connectivity index (χ0n) is 16.1. The smallest absolute Gasteiger partial charge is 0.272 e. The van der Waals surface area contributed by atoms with Crippen LogP contribution < -0.4 is 14.9 Å². The number of rotatable bonds is 8. The molecule has 0 fully saturated rings. The molecule has 1 N–H and O–H groups in total. The maximum Gasteiger partial charge on any atom is 0.272 e. The van der Waals surface area contributed by atoms with E-state index in [0.717, 1.165) is 5.56 Å². The highest BCUT2D eigenvalue weighted by Crippen LogP contribution is 2.31. The summed E-state index contributed by atoms with van der Waals surface area (Å²) >= 11 is 12.4. The largest absolute Gasteiger partial charge is 0.490 e. The second-order valence-corrected chi connectivity index (χ2v) is 6.88. The van der Waals surface area contributed by atoms with Gasteiger partial charge in [0.05, 0.1) is 18.4 Å². The van der Waals surface area contributed by atoms with Crippen LogP contribution in [0, 0.1) is 0 Å². The Kier molecular flexibility index (Phi) is 7.65. The number of carbonyl (C=O) groups is 1. The summed E-state index contributed by atoms with van der Waals surface area (Å²) in [5.74, 6) is 0.744. The summed E-state index contributed by atoms with van der Waals surface area (Å²) in [6.45, 7) is 2.54. The quantitative estimate of drug-likeness (QED) is 0.386. The Balaban J connectivity index is 1.69. The molecule has 0 saturated carbocycles. The number of halogens is 2. The molecule has 6 nitrogen and oxygen atoms in total. The van der Waals surface area contributed by atoms with Crippen LogP contribution in [0.15, 0.2) is 66.0 Å². The van der Waals surface area contributed by atoms with E-state index in [2.05, 4.69) is 15.5 Å². The van der Waals surface area contributed by atoms with Crippen molar-refractivity contribution in [1.82, 2.24) is 10.4 Å². The summed E-state index contributed by atoms with van der Waals surface area (Å²) in [6.07, 6.45) is 4.58. The number of hydrazone groups is 1. The van der Waals surface area contributed by atoms with Crippen molar-refractivity contribution < 1.29 is 14.3 Å². The van der Waals surface area contributed by atoms with Crippen molar-refractivity contribution in [2.75, 3.05) is 6.61 Å². The summed E-state index contributed by atoms with van der Waals surface area (Å²) in [4.78, 5) is 15.9. The van der Waals surface area contributed by atoms with E-state index in [1.807, 2.05) is 6.92 Å². The highest BCUT2D eigenvalue weighted by atomic mass is 35.5. The minimum Gasteiger partial charge on any atom is -0.490 e. The molecular weight excluding hydrogens is 425 g/mol. The summed E-state index contributed by atoms with van der Waals surface area (Å²) in [5.41, 5.74) is 4.32. The predicted molar refractivity (Wildman–Crippen MR) is 118 cm³/mol. The third-order valence-electron chi connectivity index (χ3n) is 4.00. The number of ether oxygens (including phenoxy) is 2. The second kappa shape index (κ2) is 10.6. The molecule has 0 aliphatic rings. The van der Waals surface area contributed by atoms with E-state index in [1.54, 1.807) is 54.7 Å². The maximum absolute atomic E-state index is 12.0. The van der Waals surface area contributed by atoms with Crippen LogP contribution in [0.3, 0.4) is 0 Å². The molecule has 0 atom stereocenters. The van der Waals surface area contributed by atoms with Crippen LogP contribution in [0.2, 0.25) is 10.0 Å². The lowest BCUT2D eigenvalue weighted by Crippen LogP contribution is -2.17. The van der Waals surface area contributed by atoms with Gasteiger partial charge in [-0.1, -0.05) is 29.3 Å². The molecule has 154 valence electrons. The minimum absolute atomic E-state index is 0.202. The minimum atomic E-state index is -0.346. The molecule has 1 amide bonds.